The molecule has 0 saturated heterocycles. The van der Waals surface area contributed by atoms with E-state index >= 15 is 8.42 Å². The van der Waals surface area contributed by atoms with Crippen molar-refractivity contribution in [1.29, 1.82) is 0 Å². The first-order chi connectivity index (χ1) is 30.4. The smallest absolute Gasteiger partial charge is 0.214 e. The largest absolute Gasteiger partial charge is 0.453 e. The number of benzene rings is 8. The fourth-order valence-electron chi connectivity index (χ4n) is 6.08. The molecule has 0 unspecified atom stereocenters. The van der Waals surface area contributed by atoms with Crippen LogP contribution in [0.15, 0.2) is 180 Å². The van der Waals surface area contributed by atoms with Crippen LogP contribution < -0.4 is 62.8 Å². The molecule has 0 aliphatic carbocycles. The molecule has 0 aliphatic heterocycles. The molecule has 12 N–H and O–H groups in total. The second kappa shape index (κ2) is 17.5. The zero-order valence-corrected chi connectivity index (χ0v) is 34.1. The first kappa shape index (κ1) is 41.1. The highest BCUT2D eigenvalue weighted by Gasteiger charge is 2.35. The number of hydrogen-bond acceptors (Lipinski definition) is 14. The van der Waals surface area contributed by atoms with Crippen LogP contribution in [0.1, 0.15) is 0 Å². The second-order valence-electron chi connectivity index (χ2n) is 14.0. The standard InChI is InChI=1S/C48H40N6O8S/c49-29-1-13-35(14-2-29)57-41-25-27-43(47(61-39-21-9-33(53)10-22-39)45(41)59-37-17-5-31(51)6-18-37)63(55,56)44-28-26-42(58-36-15-3-30(50)4-16-36)46(60-38-19-7-32(52)8-20-38)48(44)62-40-23-11-34(54)12-24-40/h1-28H,49-54H2. The van der Waals surface area contributed by atoms with Gasteiger partial charge < -0.3 is 62.8 Å². The molecule has 15 heteroatoms. The molecule has 0 fully saturated rings. The first-order valence-electron chi connectivity index (χ1n) is 19.2. The summed E-state index contributed by atoms with van der Waals surface area (Å²) in [4.78, 5) is -0.690. The Hall–Kier alpha value is -8.69. The fraction of sp³-hybridized carbons (Fsp3) is 0. The van der Waals surface area contributed by atoms with Gasteiger partial charge in [0.15, 0.2) is 23.0 Å². The van der Waals surface area contributed by atoms with Gasteiger partial charge in [0.1, 0.15) is 44.3 Å². The summed E-state index contributed by atoms with van der Waals surface area (Å²) in [7, 11) is -4.73. The first-order valence-corrected chi connectivity index (χ1v) is 20.7. The number of anilines is 6. The van der Waals surface area contributed by atoms with Crippen molar-refractivity contribution in [2.24, 2.45) is 0 Å². The lowest BCUT2D eigenvalue weighted by Crippen LogP contribution is -2.09. The topological polar surface area (TPSA) is 246 Å². The lowest BCUT2D eigenvalue weighted by atomic mass is 10.2. The van der Waals surface area contributed by atoms with Crippen molar-refractivity contribution in [1.82, 2.24) is 0 Å². The number of nitrogens with two attached hydrogens (primary N) is 6. The third-order valence-corrected chi connectivity index (χ3v) is 11.1. The van der Waals surface area contributed by atoms with Gasteiger partial charge in [-0.05, 0) is 170 Å². The maximum Gasteiger partial charge on any atom is 0.214 e. The van der Waals surface area contributed by atoms with Crippen molar-refractivity contribution in [2.75, 3.05) is 34.4 Å². The van der Waals surface area contributed by atoms with Crippen molar-refractivity contribution >= 4 is 44.0 Å². The van der Waals surface area contributed by atoms with Gasteiger partial charge in [0.25, 0.3) is 0 Å². The van der Waals surface area contributed by atoms with E-state index in [0.717, 1.165) is 0 Å². The highest BCUT2D eigenvalue weighted by atomic mass is 32.2. The molecule has 63 heavy (non-hydrogen) atoms. The zero-order chi connectivity index (χ0) is 44.1. The predicted molar refractivity (Wildman–Crippen MR) is 244 cm³/mol. The molecule has 316 valence electrons. The number of hydrogen-bond donors (Lipinski definition) is 6. The summed E-state index contributed by atoms with van der Waals surface area (Å²) in [6.07, 6.45) is 0. The van der Waals surface area contributed by atoms with E-state index in [1.807, 2.05) is 0 Å². The molecular formula is C48H40N6O8S. The fourth-order valence-corrected chi connectivity index (χ4v) is 7.57. The van der Waals surface area contributed by atoms with E-state index in [2.05, 4.69) is 0 Å². The summed E-state index contributed by atoms with van der Waals surface area (Å²) in [5.41, 5.74) is 38.9. The van der Waals surface area contributed by atoms with Crippen LogP contribution >= 0.6 is 0 Å². The quantitative estimate of drug-likeness (QED) is 0.0557. The molecule has 0 atom stereocenters. The van der Waals surface area contributed by atoms with Gasteiger partial charge in [0.05, 0.1) is 0 Å². The monoisotopic (exact) mass is 860 g/mol. The van der Waals surface area contributed by atoms with Gasteiger partial charge in [0.2, 0.25) is 21.3 Å². The van der Waals surface area contributed by atoms with Crippen LogP contribution in [-0.2, 0) is 9.84 Å². The highest BCUT2D eigenvalue weighted by molar-refractivity contribution is 7.91. The molecule has 8 rings (SSSR count). The Morgan fingerprint density at radius 2 is 0.460 bits per heavy atom. The molecule has 8 aromatic carbocycles. The normalized spacial score (nSPS) is 11.0. The van der Waals surface area contributed by atoms with Gasteiger partial charge in [-0.1, -0.05) is 0 Å². The van der Waals surface area contributed by atoms with Gasteiger partial charge >= 0.3 is 0 Å². The minimum absolute atomic E-state index is 0.0963. The summed E-state index contributed by atoms with van der Waals surface area (Å²) in [6, 6.07) is 44.7. The van der Waals surface area contributed by atoms with Crippen LogP contribution in [0.25, 0.3) is 0 Å². The molecule has 0 aliphatic rings. The Labute approximate surface area is 362 Å². The second-order valence-corrected chi connectivity index (χ2v) is 15.9. The zero-order valence-electron chi connectivity index (χ0n) is 33.3. The Bertz CT molecular complexity index is 2790. The van der Waals surface area contributed by atoms with Crippen LogP contribution in [0.4, 0.5) is 34.1 Å². The highest BCUT2D eigenvalue weighted by Crippen LogP contribution is 2.53. The summed E-state index contributed by atoms with van der Waals surface area (Å²) >= 11 is 0. The number of rotatable bonds is 14. The summed E-state index contributed by atoms with van der Waals surface area (Å²) in [5, 5.41) is 0. The van der Waals surface area contributed by atoms with E-state index in [0.29, 0.717) is 57.1 Å². The van der Waals surface area contributed by atoms with Gasteiger partial charge in [-0.3, -0.25) is 0 Å². The molecule has 0 bridgehead atoms. The van der Waals surface area contributed by atoms with Crippen LogP contribution in [-0.4, -0.2) is 8.42 Å². The summed E-state index contributed by atoms with van der Waals surface area (Å²) in [5.74, 6) is 1.29. The van der Waals surface area contributed by atoms with E-state index in [-0.39, 0.29) is 55.8 Å². The molecule has 0 saturated carbocycles. The minimum Gasteiger partial charge on any atom is -0.453 e. The van der Waals surface area contributed by atoms with Crippen LogP contribution in [0, 0.1) is 0 Å². The van der Waals surface area contributed by atoms with Gasteiger partial charge in [-0.15, -0.1) is 0 Å². The molecule has 0 amide bonds. The number of ether oxygens (including phenoxy) is 6. The number of nitrogen functional groups attached to an aromatic ring is 6. The van der Waals surface area contributed by atoms with Gasteiger partial charge in [-0.2, -0.15) is 0 Å². The lowest BCUT2D eigenvalue weighted by Gasteiger charge is -2.22. The summed E-state index contributed by atoms with van der Waals surface area (Å²) < 4.78 is 69.9. The molecule has 8 aromatic rings. The molecule has 0 aromatic heterocycles. The van der Waals surface area contributed by atoms with Gasteiger partial charge in [-0.25, -0.2) is 8.42 Å². The lowest BCUT2D eigenvalue weighted by molar-refractivity contribution is 0.377. The Kier molecular flexibility index (Phi) is 11.4. The van der Waals surface area contributed by atoms with Crippen LogP contribution in [0.3, 0.4) is 0 Å². The van der Waals surface area contributed by atoms with Gasteiger partial charge in [0, 0.05) is 34.1 Å². The Morgan fingerprint density at radius 3 is 0.698 bits per heavy atom. The minimum atomic E-state index is -4.73. The van der Waals surface area contributed by atoms with E-state index < -0.39 is 9.84 Å². The van der Waals surface area contributed by atoms with Crippen molar-refractivity contribution in [3.8, 4) is 69.0 Å². The summed E-state index contributed by atoms with van der Waals surface area (Å²) in [6.45, 7) is 0. The maximum absolute atomic E-state index is 15.6. The number of sulfone groups is 1. The molecule has 0 radical (unpaired) electrons. The SMILES string of the molecule is Nc1ccc(Oc2ccc(S(=O)(=O)c3ccc(Oc4ccc(N)cc4)c(Oc4ccc(N)cc4)c3Oc3ccc(N)cc3)c(Oc3ccc(N)cc3)c2Oc2ccc(N)cc2)cc1. The molecule has 14 nitrogen and oxygen atoms in total. The van der Waals surface area contributed by atoms with Crippen LogP contribution in [0.5, 0.6) is 69.0 Å². The molecule has 0 spiro atoms. The molecular weight excluding hydrogens is 821 g/mol. The average Bonchev–Trinajstić information content (AvgIpc) is 3.27. The Balaban J connectivity index is 1.37. The van der Waals surface area contributed by atoms with Crippen molar-refractivity contribution in [3.63, 3.8) is 0 Å². The Morgan fingerprint density at radius 1 is 0.254 bits per heavy atom. The third-order valence-electron chi connectivity index (χ3n) is 9.27. The third kappa shape index (κ3) is 9.54. The van der Waals surface area contributed by atoms with E-state index in [1.165, 1.54) is 24.3 Å². The van der Waals surface area contributed by atoms with E-state index in [4.69, 9.17) is 62.8 Å². The van der Waals surface area contributed by atoms with E-state index in [9.17, 15) is 0 Å². The molecule has 0 heterocycles. The van der Waals surface area contributed by atoms with Crippen molar-refractivity contribution < 1.29 is 36.8 Å². The van der Waals surface area contributed by atoms with Crippen molar-refractivity contribution in [2.45, 2.75) is 9.79 Å². The van der Waals surface area contributed by atoms with Crippen LogP contribution in [0.2, 0.25) is 0 Å². The predicted octanol–water partition coefficient (Wildman–Crippen LogP) is 10.8. The average molecular weight is 861 g/mol. The van der Waals surface area contributed by atoms with E-state index in [1.54, 1.807) is 146 Å². The maximum atomic E-state index is 15.6. The van der Waals surface area contributed by atoms with Crippen molar-refractivity contribution in [3.05, 3.63) is 170 Å².